The van der Waals surface area contributed by atoms with Gasteiger partial charge in [0, 0.05) is 12.0 Å². The quantitative estimate of drug-likeness (QED) is 0.757. The van der Waals surface area contributed by atoms with Crippen molar-refractivity contribution in [3.8, 4) is 0 Å². The van der Waals surface area contributed by atoms with Crippen molar-refractivity contribution in [1.29, 1.82) is 0 Å². The van der Waals surface area contributed by atoms with Crippen LogP contribution in [0.1, 0.15) is 48.5 Å². The third kappa shape index (κ3) is 3.67. The fourth-order valence-corrected chi connectivity index (χ4v) is 1.64. The van der Waals surface area contributed by atoms with Gasteiger partial charge in [0.05, 0.1) is 0 Å². The first-order valence-electron chi connectivity index (χ1n) is 6.07. The fraction of sp³-hybridized carbons (Fsp3) is 0.429. The Morgan fingerprint density at radius 3 is 2.28 bits per heavy atom. The van der Waals surface area contributed by atoms with Crippen LogP contribution >= 0.6 is 0 Å². The van der Waals surface area contributed by atoms with Gasteiger partial charge >= 0.3 is 5.97 Å². The second kappa shape index (κ2) is 6.31. The van der Waals surface area contributed by atoms with Crippen LogP contribution in [-0.2, 0) is 4.79 Å². The van der Waals surface area contributed by atoms with Crippen LogP contribution in [0.2, 0.25) is 0 Å². The molecule has 98 valence electrons. The van der Waals surface area contributed by atoms with Gasteiger partial charge in [-0.3, -0.25) is 9.59 Å². The molecule has 4 heteroatoms. The molecule has 0 aromatic heterocycles. The summed E-state index contributed by atoms with van der Waals surface area (Å²) in [6, 6.07) is 6.16. The van der Waals surface area contributed by atoms with Crippen molar-refractivity contribution in [2.75, 3.05) is 0 Å². The van der Waals surface area contributed by atoms with Crippen LogP contribution in [-0.4, -0.2) is 22.9 Å². The zero-order valence-electron chi connectivity index (χ0n) is 10.7. The SMILES string of the molecule is CCC(C)c1ccc(C(=O)CC(N)C(=O)O)cc1. The maximum atomic E-state index is 11.8. The normalized spacial score (nSPS) is 13.9. The summed E-state index contributed by atoms with van der Waals surface area (Å²) in [4.78, 5) is 22.3. The van der Waals surface area contributed by atoms with Gasteiger partial charge in [-0.25, -0.2) is 0 Å². The first-order chi connectivity index (χ1) is 8.45. The Balaban J connectivity index is 2.73. The average Bonchev–Trinajstić information content (AvgIpc) is 2.37. The molecule has 1 aromatic carbocycles. The third-order valence-corrected chi connectivity index (χ3v) is 3.14. The van der Waals surface area contributed by atoms with E-state index in [-0.39, 0.29) is 12.2 Å². The number of carbonyl (C=O) groups excluding carboxylic acids is 1. The van der Waals surface area contributed by atoms with Crippen LogP contribution in [0, 0.1) is 0 Å². The van der Waals surface area contributed by atoms with E-state index >= 15 is 0 Å². The van der Waals surface area contributed by atoms with Gasteiger partial charge in [0.2, 0.25) is 0 Å². The number of ketones is 1. The molecule has 0 spiro atoms. The van der Waals surface area contributed by atoms with E-state index in [1.54, 1.807) is 12.1 Å². The minimum absolute atomic E-state index is 0.169. The monoisotopic (exact) mass is 249 g/mol. The summed E-state index contributed by atoms with van der Waals surface area (Å²) in [5, 5.41) is 8.65. The molecule has 0 aliphatic rings. The highest BCUT2D eigenvalue weighted by atomic mass is 16.4. The molecule has 4 nitrogen and oxygen atoms in total. The Morgan fingerprint density at radius 2 is 1.83 bits per heavy atom. The molecule has 18 heavy (non-hydrogen) atoms. The van der Waals surface area contributed by atoms with Gasteiger partial charge in [0.1, 0.15) is 6.04 Å². The highest BCUT2D eigenvalue weighted by molar-refractivity contribution is 5.98. The van der Waals surface area contributed by atoms with E-state index in [0.29, 0.717) is 11.5 Å². The summed E-state index contributed by atoms with van der Waals surface area (Å²) in [5.74, 6) is -0.935. The van der Waals surface area contributed by atoms with Crippen LogP contribution < -0.4 is 5.73 Å². The van der Waals surface area contributed by atoms with Gasteiger partial charge in [0.15, 0.2) is 5.78 Å². The zero-order chi connectivity index (χ0) is 13.7. The number of hydrogen-bond acceptors (Lipinski definition) is 3. The zero-order valence-corrected chi connectivity index (χ0v) is 10.7. The second-order valence-electron chi connectivity index (χ2n) is 4.50. The maximum absolute atomic E-state index is 11.8. The molecule has 0 fully saturated rings. The molecule has 1 rings (SSSR count). The van der Waals surface area contributed by atoms with Gasteiger partial charge in [-0.1, -0.05) is 38.1 Å². The predicted octanol–water partition coefficient (Wildman–Crippen LogP) is 2.18. The number of carboxylic acid groups (broad SMARTS) is 1. The lowest BCUT2D eigenvalue weighted by Gasteiger charge is -2.10. The molecule has 0 amide bonds. The van der Waals surface area contributed by atoms with E-state index in [4.69, 9.17) is 10.8 Å². The molecule has 2 unspecified atom stereocenters. The lowest BCUT2D eigenvalue weighted by molar-refractivity contribution is -0.138. The predicted molar refractivity (Wildman–Crippen MR) is 69.7 cm³/mol. The minimum Gasteiger partial charge on any atom is -0.480 e. The maximum Gasteiger partial charge on any atom is 0.320 e. The number of aliphatic carboxylic acids is 1. The van der Waals surface area contributed by atoms with E-state index in [9.17, 15) is 9.59 Å². The standard InChI is InChI=1S/C14H19NO3/c1-3-9(2)10-4-6-11(7-5-10)13(16)8-12(15)14(17)18/h4-7,9,12H,3,8,15H2,1-2H3,(H,17,18). The summed E-state index contributed by atoms with van der Waals surface area (Å²) in [6.45, 7) is 4.23. The molecule has 3 N–H and O–H groups in total. The Morgan fingerprint density at radius 1 is 1.28 bits per heavy atom. The van der Waals surface area contributed by atoms with Crippen LogP contribution in [0.4, 0.5) is 0 Å². The molecule has 0 radical (unpaired) electrons. The number of carbonyl (C=O) groups is 2. The van der Waals surface area contributed by atoms with E-state index in [1.807, 2.05) is 12.1 Å². The van der Waals surface area contributed by atoms with Crippen molar-refractivity contribution in [1.82, 2.24) is 0 Å². The smallest absolute Gasteiger partial charge is 0.320 e. The van der Waals surface area contributed by atoms with Crippen LogP contribution in [0.5, 0.6) is 0 Å². The Labute approximate surface area is 107 Å². The van der Waals surface area contributed by atoms with Crippen LogP contribution in [0.3, 0.4) is 0 Å². The second-order valence-corrected chi connectivity index (χ2v) is 4.50. The molecule has 0 saturated heterocycles. The molecule has 0 aliphatic carbocycles. The molecule has 0 aliphatic heterocycles. The fourth-order valence-electron chi connectivity index (χ4n) is 1.64. The van der Waals surface area contributed by atoms with Crippen molar-refractivity contribution >= 4 is 11.8 Å². The van der Waals surface area contributed by atoms with Crippen LogP contribution in [0.25, 0.3) is 0 Å². The molecule has 2 atom stereocenters. The summed E-state index contributed by atoms with van der Waals surface area (Å²) in [5.41, 5.74) is 7.02. The summed E-state index contributed by atoms with van der Waals surface area (Å²) >= 11 is 0. The van der Waals surface area contributed by atoms with E-state index in [1.165, 1.54) is 5.56 Å². The number of hydrogen-bond donors (Lipinski definition) is 2. The van der Waals surface area contributed by atoms with Gasteiger partial charge in [0.25, 0.3) is 0 Å². The van der Waals surface area contributed by atoms with Crippen molar-refractivity contribution in [3.05, 3.63) is 35.4 Å². The summed E-state index contributed by atoms with van der Waals surface area (Å²) in [6.07, 6.45) is 0.870. The molecule has 0 heterocycles. The van der Waals surface area contributed by atoms with E-state index in [0.717, 1.165) is 6.42 Å². The minimum atomic E-state index is -1.15. The third-order valence-electron chi connectivity index (χ3n) is 3.14. The van der Waals surface area contributed by atoms with Crippen molar-refractivity contribution in [3.63, 3.8) is 0 Å². The first kappa shape index (κ1) is 14.4. The topological polar surface area (TPSA) is 80.4 Å². The Kier molecular flexibility index (Phi) is 5.04. The highest BCUT2D eigenvalue weighted by Crippen LogP contribution is 2.19. The largest absolute Gasteiger partial charge is 0.480 e. The molecule has 0 bridgehead atoms. The molecule has 0 saturated carbocycles. The van der Waals surface area contributed by atoms with E-state index < -0.39 is 12.0 Å². The molecular weight excluding hydrogens is 230 g/mol. The lowest BCUT2D eigenvalue weighted by atomic mass is 9.96. The highest BCUT2D eigenvalue weighted by Gasteiger charge is 2.17. The van der Waals surface area contributed by atoms with Crippen molar-refractivity contribution < 1.29 is 14.7 Å². The van der Waals surface area contributed by atoms with Gasteiger partial charge < -0.3 is 10.8 Å². The number of Topliss-reactive ketones (excluding diaryl/α,β-unsaturated/α-hetero) is 1. The van der Waals surface area contributed by atoms with Gasteiger partial charge in [-0.2, -0.15) is 0 Å². The summed E-state index contributed by atoms with van der Waals surface area (Å²) < 4.78 is 0. The van der Waals surface area contributed by atoms with Gasteiger partial charge in [-0.05, 0) is 17.9 Å². The number of nitrogens with two attached hydrogens (primary N) is 1. The number of rotatable bonds is 6. The number of benzene rings is 1. The van der Waals surface area contributed by atoms with Crippen LogP contribution in [0.15, 0.2) is 24.3 Å². The Bertz CT molecular complexity index is 425. The number of carboxylic acids is 1. The lowest BCUT2D eigenvalue weighted by Crippen LogP contribution is -2.32. The molecule has 1 aromatic rings. The Hall–Kier alpha value is -1.68. The van der Waals surface area contributed by atoms with E-state index in [2.05, 4.69) is 13.8 Å². The first-order valence-corrected chi connectivity index (χ1v) is 6.07. The van der Waals surface area contributed by atoms with Crippen molar-refractivity contribution in [2.24, 2.45) is 5.73 Å². The summed E-state index contributed by atoms with van der Waals surface area (Å²) in [7, 11) is 0. The van der Waals surface area contributed by atoms with Gasteiger partial charge in [-0.15, -0.1) is 0 Å². The average molecular weight is 249 g/mol. The van der Waals surface area contributed by atoms with Crippen molar-refractivity contribution in [2.45, 2.75) is 38.6 Å². The molecular formula is C14H19NO3.